The smallest absolute Gasteiger partial charge is 0.298 e. The zero-order valence-corrected chi connectivity index (χ0v) is 6.13. The summed E-state index contributed by atoms with van der Waals surface area (Å²) in [5.74, 6) is 4.69. The molecule has 0 amide bonds. The molecule has 0 aliphatic heterocycles. The Bertz CT molecular complexity index is 254. The number of anilines is 1. The van der Waals surface area contributed by atoms with Crippen molar-refractivity contribution < 1.29 is 28.6 Å². The Kier molecular flexibility index (Phi) is 2.25. The second-order valence-electron chi connectivity index (χ2n) is 1.50. The first kappa shape index (κ1) is 8.89. The molecule has 0 bridgehead atoms. The number of nitrogens with one attached hydrogen (secondary N) is 1. The van der Waals surface area contributed by atoms with E-state index < -0.39 is 10.2 Å². The van der Waals surface area contributed by atoms with Crippen LogP contribution in [-0.4, -0.2) is 20.3 Å². The quantitative estimate of drug-likeness (QED) is 0.357. The van der Waals surface area contributed by atoms with Crippen molar-refractivity contribution in [3.63, 3.8) is 0 Å². The molecule has 11 heteroatoms. The van der Waals surface area contributed by atoms with E-state index in [1.54, 1.807) is 5.48 Å². The maximum atomic E-state index is 9.85. The normalized spacial score (nSPS) is 11.6. The number of tetrazole rings is 1. The molecule has 0 aromatic carbocycles. The fourth-order valence-electron chi connectivity index (χ4n) is 0.343. The van der Waals surface area contributed by atoms with E-state index in [1.165, 1.54) is 0 Å². The van der Waals surface area contributed by atoms with E-state index in [9.17, 15) is 14.0 Å². The first-order valence-electron chi connectivity index (χ1n) is 2.38. The minimum atomic E-state index is -4.58. The van der Waals surface area contributed by atoms with Crippen LogP contribution in [0.2, 0.25) is 0 Å². The van der Waals surface area contributed by atoms with Gasteiger partial charge in [0.2, 0.25) is 4.39 Å². The molecular formula is CH3ClN6O4. The highest BCUT2D eigenvalue weighted by Gasteiger charge is 2.20. The van der Waals surface area contributed by atoms with E-state index in [4.69, 9.17) is 5.84 Å². The number of halogens is 1. The zero-order valence-electron chi connectivity index (χ0n) is 5.38. The Hall–Kier alpha value is -1.20. The van der Waals surface area contributed by atoms with Gasteiger partial charge in [0, 0.05) is 0 Å². The predicted octanol–water partition coefficient (Wildman–Crippen LogP) is -5.37. The van der Waals surface area contributed by atoms with Gasteiger partial charge in [-0.1, -0.05) is 10.6 Å². The fraction of sp³-hybridized carbons (Fsp3) is 0. The van der Waals surface area contributed by atoms with E-state index in [-0.39, 0.29) is 5.95 Å². The molecule has 0 aliphatic rings. The van der Waals surface area contributed by atoms with Crippen LogP contribution in [0.15, 0.2) is 0 Å². The third-order valence-corrected chi connectivity index (χ3v) is 0.983. The molecule has 0 saturated carbocycles. The summed E-state index contributed by atoms with van der Waals surface area (Å²) in [7, 11) is -4.58. The molecule has 0 fully saturated rings. The topological polar surface area (TPSA) is 160 Å². The van der Waals surface area contributed by atoms with Gasteiger partial charge in [-0.3, -0.25) is 0 Å². The minimum absolute atomic E-state index is 0.318. The molecule has 0 spiro atoms. The van der Waals surface area contributed by atoms with Crippen molar-refractivity contribution in [2.75, 3.05) is 11.3 Å². The van der Waals surface area contributed by atoms with Crippen LogP contribution >= 0.6 is 0 Å². The molecular weight excluding hydrogens is 196 g/mol. The summed E-state index contributed by atoms with van der Waals surface area (Å²) in [5.41, 5.74) is 1.62. The zero-order chi connectivity index (χ0) is 9.19. The van der Waals surface area contributed by atoms with E-state index >= 15 is 0 Å². The Balaban J connectivity index is 2.49. The molecule has 3 N–H and O–H groups in total. The lowest BCUT2D eigenvalue weighted by molar-refractivity contribution is -1.92. The van der Waals surface area contributed by atoms with Crippen molar-refractivity contribution in [3.05, 3.63) is 0 Å². The summed E-state index contributed by atoms with van der Waals surface area (Å²) in [6.07, 6.45) is 0. The van der Waals surface area contributed by atoms with Crippen LogP contribution in [0.1, 0.15) is 0 Å². The number of rotatable bonds is 3. The van der Waals surface area contributed by atoms with Gasteiger partial charge in [-0.05, 0) is 10.4 Å². The largest absolute Gasteiger partial charge is 0.318 e. The third-order valence-electron chi connectivity index (χ3n) is 0.717. The number of hydrogen-bond donors (Lipinski definition) is 2. The molecule has 0 radical (unpaired) electrons. The monoisotopic (exact) mass is 198 g/mol. The molecule has 10 nitrogen and oxygen atoms in total. The lowest BCUT2D eigenvalue weighted by Gasteiger charge is -2.10. The van der Waals surface area contributed by atoms with Crippen LogP contribution in [0.5, 0.6) is 0 Å². The average Bonchev–Trinajstić information content (AvgIpc) is 2.29. The Labute approximate surface area is 67.2 Å². The van der Waals surface area contributed by atoms with Gasteiger partial charge in [-0.2, -0.15) is 14.0 Å². The van der Waals surface area contributed by atoms with Gasteiger partial charge in [0.05, 0.1) is 0 Å². The highest BCUT2D eigenvalue weighted by molar-refractivity contribution is 5.15. The number of hydrogen-bond acceptors (Lipinski definition) is 9. The van der Waals surface area contributed by atoms with Crippen molar-refractivity contribution in [1.29, 1.82) is 0 Å². The Morgan fingerprint density at radius 1 is 1.50 bits per heavy atom. The predicted molar refractivity (Wildman–Crippen MR) is 22.7 cm³/mol. The molecule has 1 aromatic rings. The molecule has 0 saturated heterocycles. The van der Waals surface area contributed by atoms with Crippen LogP contribution < -0.4 is 25.3 Å². The van der Waals surface area contributed by atoms with Gasteiger partial charge < -0.3 is 5.84 Å². The minimum Gasteiger partial charge on any atom is -0.318 e. The molecule has 0 atom stereocenters. The molecule has 0 unspecified atom stereocenters. The van der Waals surface area contributed by atoms with Crippen LogP contribution in [0.3, 0.4) is 0 Å². The second kappa shape index (κ2) is 3.04. The van der Waals surface area contributed by atoms with Crippen molar-refractivity contribution in [3.8, 4) is 0 Å². The molecule has 1 heterocycles. The average molecular weight is 199 g/mol. The first-order valence-corrected chi connectivity index (χ1v) is 3.61. The Morgan fingerprint density at radius 3 is 2.58 bits per heavy atom. The van der Waals surface area contributed by atoms with Crippen LogP contribution in [0, 0.1) is 10.2 Å². The summed E-state index contributed by atoms with van der Waals surface area (Å²) in [5, 5.41) is 9.28. The van der Waals surface area contributed by atoms with Crippen molar-refractivity contribution in [2.45, 2.75) is 0 Å². The van der Waals surface area contributed by atoms with Crippen LogP contribution in [0.4, 0.5) is 5.95 Å². The lowest BCUT2D eigenvalue weighted by Crippen LogP contribution is -2.61. The van der Waals surface area contributed by atoms with Gasteiger partial charge in [0.1, 0.15) is 10.2 Å². The fourth-order valence-corrected chi connectivity index (χ4v) is 0.506. The lowest BCUT2D eigenvalue weighted by atomic mass is 11.1. The first-order chi connectivity index (χ1) is 5.49. The van der Waals surface area contributed by atoms with Crippen molar-refractivity contribution in [2.24, 2.45) is 0 Å². The Morgan fingerprint density at radius 2 is 2.17 bits per heavy atom. The SMILES string of the molecule is Nn1nnnc1NO[Cl+3]([O-])([O-])[O-]. The van der Waals surface area contributed by atoms with Crippen LogP contribution in [0.25, 0.3) is 0 Å². The van der Waals surface area contributed by atoms with Crippen LogP contribution in [-0.2, 0) is 4.39 Å². The van der Waals surface area contributed by atoms with E-state index in [2.05, 4.69) is 19.9 Å². The molecule has 68 valence electrons. The summed E-state index contributed by atoms with van der Waals surface area (Å²) in [6, 6.07) is 0. The molecule has 1 rings (SSSR count). The maximum Gasteiger partial charge on any atom is 0.298 e. The molecule has 0 aliphatic carbocycles. The van der Waals surface area contributed by atoms with Crippen molar-refractivity contribution in [1.82, 2.24) is 20.3 Å². The molecule has 12 heavy (non-hydrogen) atoms. The van der Waals surface area contributed by atoms with Gasteiger partial charge >= 0.3 is 0 Å². The van der Waals surface area contributed by atoms with Crippen molar-refractivity contribution >= 4 is 5.95 Å². The van der Waals surface area contributed by atoms with Gasteiger partial charge in [-0.25, -0.2) is 0 Å². The second-order valence-corrected chi connectivity index (χ2v) is 2.41. The number of aromatic nitrogens is 4. The maximum absolute atomic E-state index is 9.85. The number of nitrogen functional groups attached to an aromatic ring is 1. The van der Waals surface area contributed by atoms with E-state index in [0.717, 1.165) is 0 Å². The highest BCUT2D eigenvalue weighted by atomic mass is 35.7. The number of nitrogens with zero attached hydrogens (tertiary/aromatic N) is 4. The number of nitrogens with two attached hydrogens (primary N) is 1. The summed E-state index contributed by atoms with van der Waals surface area (Å²) in [4.78, 5) is 0.584. The van der Waals surface area contributed by atoms with E-state index in [0.29, 0.717) is 4.79 Å². The van der Waals surface area contributed by atoms with Gasteiger partial charge in [0.15, 0.2) is 0 Å². The van der Waals surface area contributed by atoms with Gasteiger partial charge in [-0.15, -0.1) is 4.79 Å². The molecule has 1 aromatic heterocycles. The van der Waals surface area contributed by atoms with E-state index in [1.807, 2.05) is 0 Å². The summed E-state index contributed by atoms with van der Waals surface area (Å²) in [6.45, 7) is 0. The standard InChI is InChI=1S/CH3ClN6O4/c3-8-1(4-6-7-8)5-12-2(9,10)11/h3H2,(H,4,5,7). The third kappa shape index (κ3) is 2.44. The van der Waals surface area contributed by atoms with Gasteiger partial charge in [0.25, 0.3) is 5.95 Å². The summed E-state index contributed by atoms with van der Waals surface area (Å²) < 4.78 is 33.1. The summed E-state index contributed by atoms with van der Waals surface area (Å²) >= 11 is 0. The highest BCUT2D eigenvalue weighted by Crippen LogP contribution is 1.96.